The number of likely N-dealkylation sites (tertiary alicyclic amines) is 1. The van der Waals surface area contributed by atoms with Crippen molar-refractivity contribution in [3.63, 3.8) is 0 Å². The van der Waals surface area contributed by atoms with E-state index in [2.05, 4.69) is 27.5 Å². The van der Waals surface area contributed by atoms with E-state index < -0.39 is 0 Å². The van der Waals surface area contributed by atoms with Crippen LogP contribution in [0.3, 0.4) is 0 Å². The van der Waals surface area contributed by atoms with E-state index in [4.69, 9.17) is 5.73 Å². The van der Waals surface area contributed by atoms with Crippen molar-refractivity contribution in [1.29, 1.82) is 0 Å². The summed E-state index contributed by atoms with van der Waals surface area (Å²) in [5.74, 6) is 0.122. The molecule has 0 spiro atoms. The van der Waals surface area contributed by atoms with Crippen molar-refractivity contribution in [3.05, 3.63) is 52.8 Å². The number of hydrogen-bond donors (Lipinski definition) is 3. The summed E-state index contributed by atoms with van der Waals surface area (Å²) >= 11 is 1.39. The van der Waals surface area contributed by atoms with Crippen molar-refractivity contribution < 1.29 is 5.11 Å². The van der Waals surface area contributed by atoms with Gasteiger partial charge in [0.05, 0.1) is 11.6 Å². The molecule has 6 nitrogen and oxygen atoms in total. The molecular formula is C18H18N4O2S. The quantitative estimate of drug-likeness (QED) is 0.671. The first-order chi connectivity index (χ1) is 12.0. The van der Waals surface area contributed by atoms with E-state index in [1.54, 1.807) is 0 Å². The Morgan fingerprint density at radius 1 is 1.44 bits per heavy atom. The molecular weight excluding hydrogens is 336 g/mol. The SMILES string of the molecule is C=C(c1cccc(-c2cc3nc(N)[nH]c(=O)c3s2)c1)N1CCC(O)C1. The smallest absolute Gasteiger partial charge is 0.270 e. The standard InChI is InChI=1S/C18H18N4O2S/c1-10(22-6-5-13(23)9-22)11-3-2-4-12(7-11)15-8-14-16(25-15)17(24)21-18(19)20-14/h2-4,7-8,13,23H,1,5-6,9H2,(H3,19,20,21,24). The Bertz CT molecular complexity index is 1020. The Hall–Kier alpha value is -2.64. The lowest BCUT2D eigenvalue weighted by molar-refractivity contribution is 0.187. The number of aliphatic hydroxyl groups is 1. The van der Waals surface area contributed by atoms with Crippen LogP contribution in [0.1, 0.15) is 12.0 Å². The minimum atomic E-state index is -0.286. The number of nitrogen functional groups attached to an aromatic ring is 1. The number of aromatic nitrogens is 2. The highest BCUT2D eigenvalue weighted by Crippen LogP contribution is 2.33. The van der Waals surface area contributed by atoms with E-state index in [-0.39, 0.29) is 17.6 Å². The van der Waals surface area contributed by atoms with Crippen LogP contribution in [-0.2, 0) is 0 Å². The summed E-state index contributed by atoms with van der Waals surface area (Å²) in [5.41, 5.74) is 8.91. The number of benzene rings is 1. The Balaban J connectivity index is 1.71. The number of rotatable bonds is 3. The molecule has 1 aliphatic heterocycles. The predicted molar refractivity (Wildman–Crippen MR) is 101 cm³/mol. The third kappa shape index (κ3) is 2.92. The van der Waals surface area contributed by atoms with Gasteiger partial charge in [-0.05, 0) is 29.7 Å². The first-order valence-corrected chi connectivity index (χ1v) is 8.85. The fourth-order valence-corrected chi connectivity index (χ4v) is 4.11. The normalized spacial score (nSPS) is 17.3. The van der Waals surface area contributed by atoms with Gasteiger partial charge in [-0.15, -0.1) is 11.3 Å². The van der Waals surface area contributed by atoms with Crippen LogP contribution in [0.5, 0.6) is 0 Å². The number of aromatic amines is 1. The van der Waals surface area contributed by atoms with Crippen LogP contribution >= 0.6 is 11.3 Å². The van der Waals surface area contributed by atoms with Gasteiger partial charge in [-0.2, -0.15) is 0 Å². The Labute approximate surface area is 148 Å². The first-order valence-electron chi connectivity index (χ1n) is 8.03. The Kier molecular flexibility index (Phi) is 3.82. The summed E-state index contributed by atoms with van der Waals surface area (Å²) in [4.78, 5) is 21.8. The van der Waals surface area contributed by atoms with Crippen molar-refractivity contribution >= 4 is 33.2 Å². The number of fused-ring (bicyclic) bond motifs is 1. The number of thiophene rings is 1. The van der Waals surface area contributed by atoms with E-state index in [1.807, 2.05) is 24.3 Å². The van der Waals surface area contributed by atoms with E-state index in [1.165, 1.54) is 11.3 Å². The molecule has 0 amide bonds. The number of anilines is 1. The van der Waals surface area contributed by atoms with Gasteiger partial charge in [-0.25, -0.2) is 4.98 Å². The molecule has 0 aliphatic carbocycles. The molecule has 1 aromatic carbocycles. The van der Waals surface area contributed by atoms with Crippen LogP contribution in [0.25, 0.3) is 26.4 Å². The van der Waals surface area contributed by atoms with E-state index in [9.17, 15) is 9.90 Å². The average Bonchev–Trinajstić information content (AvgIpc) is 3.21. The summed E-state index contributed by atoms with van der Waals surface area (Å²) < 4.78 is 0.566. The molecule has 1 saturated heterocycles. The van der Waals surface area contributed by atoms with Crippen molar-refractivity contribution in [3.8, 4) is 10.4 Å². The largest absolute Gasteiger partial charge is 0.391 e. The van der Waals surface area contributed by atoms with Crippen LogP contribution in [0.15, 0.2) is 41.7 Å². The second kappa shape index (κ2) is 6.02. The molecule has 3 aromatic rings. The molecule has 1 unspecified atom stereocenters. The number of aliphatic hydroxyl groups excluding tert-OH is 1. The van der Waals surface area contributed by atoms with Crippen LogP contribution in [0, 0.1) is 0 Å². The number of β-amino-alcohol motifs (C(OH)–C–C–N with tert-alkyl or cyclic N) is 1. The average molecular weight is 354 g/mol. The number of nitrogens with zero attached hydrogens (tertiary/aromatic N) is 2. The van der Waals surface area contributed by atoms with Crippen molar-refractivity contribution in [2.45, 2.75) is 12.5 Å². The van der Waals surface area contributed by atoms with E-state index >= 15 is 0 Å². The lowest BCUT2D eigenvalue weighted by Crippen LogP contribution is -2.19. The lowest BCUT2D eigenvalue weighted by atomic mass is 10.1. The van der Waals surface area contributed by atoms with Crippen molar-refractivity contribution in [2.24, 2.45) is 0 Å². The van der Waals surface area contributed by atoms with Gasteiger partial charge in [0, 0.05) is 23.7 Å². The Morgan fingerprint density at radius 3 is 3.04 bits per heavy atom. The monoisotopic (exact) mass is 354 g/mol. The van der Waals surface area contributed by atoms with Gasteiger partial charge < -0.3 is 15.7 Å². The van der Waals surface area contributed by atoms with Crippen LogP contribution < -0.4 is 11.3 Å². The number of H-pyrrole nitrogens is 1. The lowest BCUT2D eigenvalue weighted by Gasteiger charge is -2.21. The third-order valence-electron chi connectivity index (χ3n) is 4.43. The molecule has 3 heterocycles. The molecule has 128 valence electrons. The topological polar surface area (TPSA) is 95.2 Å². The highest BCUT2D eigenvalue weighted by Gasteiger charge is 2.22. The van der Waals surface area contributed by atoms with Gasteiger partial charge in [0.1, 0.15) is 4.70 Å². The summed E-state index contributed by atoms with van der Waals surface area (Å²) in [6.07, 6.45) is 0.482. The van der Waals surface area contributed by atoms with Gasteiger partial charge in [0.2, 0.25) is 5.95 Å². The molecule has 7 heteroatoms. The maximum atomic E-state index is 12.0. The molecule has 1 aliphatic rings. The third-order valence-corrected chi connectivity index (χ3v) is 5.60. The number of nitrogens with one attached hydrogen (secondary N) is 1. The van der Waals surface area contributed by atoms with Crippen LogP contribution in [0.4, 0.5) is 5.95 Å². The zero-order valence-electron chi connectivity index (χ0n) is 13.5. The molecule has 4 N–H and O–H groups in total. The summed E-state index contributed by atoms with van der Waals surface area (Å²) in [6.45, 7) is 5.61. The van der Waals surface area contributed by atoms with Crippen molar-refractivity contribution in [2.75, 3.05) is 18.8 Å². The zero-order chi connectivity index (χ0) is 17.6. The minimum absolute atomic E-state index is 0.122. The van der Waals surface area contributed by atoms with E-state index in [0.717, 1.165) is 34.7 Å². The van der Waals surface area contributed by atoms with E-state index in [0.29, 0.717) is 16.8 Å². The molecule has 1 atom stereocenters. The minimum Gasteiger partial charge on any atom is -0.391 e. The van der Waals surface area contributed by atoms with Crippen molar-refractivity contribution in [1.82, 2.24) is 14.9 Å². The molecule has 25 heavy (non-hydrogen) atoms. The first kappa shape index (κ1) is 15.9. The summed E-state index contributed by atoms with van der Waals surface area (Å²) in [5, 5.41) is 9.73. The number of hydrogen-bond acceptors (Lipinski definition) is 6. The van der Waals surface area contributed by atoms with Gasteiger partial charge in [-0.3, -0.25) is 9.78 Å². The highest BCUT2D eigenvalue weighted by atomic mass is 32.1. The second-order valence-corrected chi connectivity index (χ2v) is 7.24. The fraction of sp³-hybridized carbons (Fsp3) is 0.222. The van der Waals surface area contributed by atoms with Crippen LogP contribution in [0.2, 0.25) is 0 Å². The second-order valence-electron chi connectivity index (χ2n) is 6.19. The summed E-state index contributed by atoms with van der Waals surface area (Å²) in [7, 11) is 0. The van der Waals surface area contributed by atoms with Gasteiger partial charge in [0.15, 0.2) is 0 Å². The maximum absolute atomic E-state index is 12.0. The summed E-state index contributed by atoms with van der Waals surface area (Å²) in [6, 6.07) is 9.91. The molecule has 0 bridgehead atoms. The highest BCUT2D eigenvalue weighted by molar-refractivity contribution is 7.22. The zero-order valence-corrected chi connectivity index (χ0v) is 14.3. The molecule has 0 radical (unpaired) electrons. The molecule has 1 fully saturated rings. The van der Waals surface area contributed by atoms with Gasteiger partial charge in [0.25, 0.3) is 5.56 Å². The van der Waals surface area contributed by atoms with Gasteiger partial charge in [-0.1, -0.05) is 24.8 Å². The molecule has 4 rings (SSSR count). The molecule has 0 saturated carbocycles. The Morgan fingerprint density at radius 2 is 2.28 bits per heavy atom. The maximum Gasteiger partial charge on any atom is 0.270 e. The predicted octanol–water partition coefficient (Wildman–Crippen LogP) is 2.27. The molecule has 2 aromatic heterocycles. The van der Waals surface area contributed by atoms with Gasteiger partial charge >= 0.3 is 0 Å². The van der Waals surface area contributed by atoms with Crippen LogP contribution in [-0.4, -0.2) is 39.2 Å². The number of nitrogens with two attached hydrogens (primary N) is 1. The fourth-order valence-electron chi connectivity index (χ4n) is 3.12.